The van der Waals surface area contributed by atoms with Gasteiger partial charge in [-0.2, -0.15) is 19.9 Å². The molecule has 4 N–H and O–H groups in total. The zero-order chi connectivity index (χ0) is 25.5. The SMILES string of the molecule is Nc1nc(Cl)c2ncn(CCCC=CO[P+](=O)OC=CCCCn3cnc4c(Cl)nc(N)nc43)c2n1. The molecule has 4 heterocycles. The number of aryl methyl sites for hydroxylation is 2. The summed E-state index contributed by atoms with van der Waals surface area (Å²) >= 11 is 12.0. The van der Waals surface area contributed by atoms with Crippen molar-refractivity contribution in [2.24, 2.45) is 0 Å². The van der Waals surface area contributed by atoms with Crippen molar-refractivity contribution >= 4 is 65.7 Å². The number of anilines is 2. The van der Waals surface area contributed by atoms with E-state index >= 15 is 0 Å². The smallest absolute Gasteiger partial charge is 0.368 e. The molecule has 0 unspecified atom stereocenters. The van der Waals surface area contributed by atoms with Gasteiger partial charge in [0.25, 0.3) is 0 Å². The summed E-state index contributed by atoms with van der Waals surface area (Å²) in [6, 6.07) is 0. The van der Waals surface area contributed by atoms with E-state index in [2.05, 4.69) is 29.9 Å². The van der Waals surface area contributed by atoms with Crippen LogP contribution in [0.2, 0.25) is 10.3 Å². The quantitative estimate of drug-likeness (QED) is 0.110. The summed E-state index contributed by atoms with van der Waals surface area (Å²) in [4.78, 5) is 24.5. The minimum absolute atomic E-state index is 0.0956. The number of fused-ring (bicyclic) bond motifs is 2. The van der Waals surface area contributed by atoms with E-state index in [1.54, 1.807) is 24.8 Å². The predicted molar refractivity (Wildman–Crippen MR) is 136 cm³/mol. The molecule has 4 aromatic heterocycles. The van der Waals surface area contributed by atoms with Gasteiger partial charge in [0.05, 0.1) is 12.7 Å². The van der Waals surface area contributed by atoms with Crippen LogP contribution >= 0.6 is 31.5 Å². The maximum Gasteiger partial charge on any atom is 0.804 e. The Labute approximate surface area is 216 Å². The van der Waals surface area contributed by atoms with Gasteiger partial charge in [0.15, 0.2) is 34.1 Å². The third kappa shape index (κ3) is 6.36. The fraction of sp³-hybridized carbons (Fsp3) is 0.300. The Balaban J connectivity index is 1.11. The van der Waals surface area contributed by atoms with Crippen molar-refractivity contribution in [1.82, 2.24) is 39.0 Å². The van der Waals surface area contributed by atoms with E-state index in [9.17, 15) is 4.57 Å². The fourth-order valence-electron chi connectivity index (χ4n) is 3.28. The summed E-state index contributed by atoms with van der Waals surface area (Å²) in [5, 5.41) is 0.445. The number of nitrogens with two attached hydrogens (primary N) is 2. The second-order valence-corrected chi connectivity index (χ2v) is 9.01. The summed E-state index contributed by atoms with van der Waals surface area (Å²) in [5.41, 5.74) is 13.5. The van der Waals surface area contributed by atoms with Gasteiger partial charge in [0.2, 0.25) is 11.9 Å². The molecule has 188 valence electrons. The zero-order valence-electron chi connectivity index (χ0n) is 18.9. The lowest BCUT2D eigenvalue weighted by Crippen LogP contribution is -2.01. The first-order chi connectivity index (χ1) is 17.4. The summed E-state index contributed by atoms with van der Waals surface area (Å²) in [6.07, 6.45) is 12.4. The van der Waals surface area contributed by atoms with Crippen LogP contribution in [0.5, 0.6) is 0 Å². The van der Waals surface area contributed by atoms with Crippen molar-refractivity contribution in [2.45, 2.75) is 38.8 Å². The van der Waals surface area contributed by atoms with Crippen LogP contribution in [0, 0.1) is 0 Å². The van der Waals surface area contributed by atoms with E-state index < -0.39 is 8.25 Å². The number of nitrogen functional groups attached to an aromatic ring is 2. The van der Waals surface area contributed by atoms with Crippen LogP contribution in [-0.2, 0) is 26.7 Å². The lowest BCUT2D eigenvalue weighted by molar-refractivity contribution is 0.354. The summed E-state index contributed by atoms with van der Waals surface area (Å²) in [6.45, 7) is 1.28. The molecule has 0 atom stereocenters. The van der Waals surface area contributed by atoms with Gasteiger partial charge in [-0.3, -0.25) is 0 Å². The molecule has 16 heteroatoms. The van der Waals surface area contributed by atoms with Crippen LogP contribution in [-0.4, -0.2) is 39.0 Å². The molecule has 0 aromatic carbocycles. The number of aromatic nitrogens is 8. The van der Waals surface area contributed by atoms with Crippen LogP contribution in [0.3, 0.4) is 0 Å². The van der Waals surface area contributed by atoms with Crippen LogP contribution in [0.15, 0.2) is 37.3 Å². The molecular formula is C20H22Cl2N10O3P+. The largest absolute Gasteiger partial charge is 0.804 e. The Morgan fingerprint density at radius 2 is 1.25 bits per heavy atom. The Morgan fingerprint density at radius 1 is 0.806 bits per heavy atom. The number of hydrogen-bond acceptors (Lipinski definition) is 11. The molecule has 0 bridgehead atoms. The zero-order valence-corrected chi connectivity index (χ0v) is 21.3. The Morgan fingerprint density at radius 3 is 1.69 bits per heavy atom. The number of rotatable bonds is 12. The van der Waals surface area contributed by atoms with Crippen molar-refractivity contribution in [1.29, 1.82) is 0 Å². The predicted octanol–water partition coefficient (Wildman–Crippen LogP) is 4.42. The average molecular weight is 552 g/mol. The molecule has 0 fully saturated rings. The van der Waals surface area contributed by atoms with E-state index in [-0.39, 0.29) is 22.2 Å². The van der Waals surface area contributed by atoms with E-state index in [4.69, 9.17) is 43.7 Å². The summed E-state index contributed by atoms with van der Waals surface area (Å²) in [5.74, 6) is 0.191. The number of halogens is 2. The number of nitrogens with zero attached hydrogens (tertiary/aromatic N) is 8. The van der Waals surface area contributed by atoms with Crippen molar-refractivity contribution in [3.63, 3.8) is 0 Å². The van der Waals surface area contributed by atoms with Crippen molar-refractivity contribution < 1.29 is 13.6 Å². The second kappa shape index (κ2) is 11.9. The topological polar surface area (TPSA) is 175 Å². The minimum atomic E-state index is -2.30. The highest BCUT2D eigenvalue weighted by atomic mass is 35.5. The Kier molecular flexibility index (Phi) is 8.47. The third-order valence-corrected chi connectivity index (χ3v) is 6.02. The van der Waals surface area contributed by atoms with Gasteiger partial charge < -0.3 is 20.6 Å². The van der Waals surface area contributed by atoms with Gasteiger partial charge in [0.1, 0.15) is 11.0 Å². The van der Waals surface area contributed by atoms with Crippen molar-refractivity contribution in [3.05, 3.63) is 47.6 Å². The highest BCUT2D eigenvalue weighted by molar-refractivity contribution is 7.33. The summed E-state index contributed by atoms with van der Waals surface area (Å²) < 4.78 is 25.6. The van der Waals surface area contributed by atoms with Crippen LogP contribution in [0.4, 0.5) is 11.9 Å². The van der Waals surface area contributed by atoms with Crippen LogP contribution in [0.1, 0.15) is 25.7 Å². The molecule has 0 spiro atoms. The molecule has 13 nitrogen and oxygen atoms in total. The first kappa shape index (κ1) is 25.5. The van der Waals surface area contributed by atoms with Gasteiger partial charge in [-0.05, 0) is 37.8 Å². The monoisotopic (exact) mass is 551 g/mol. The molecule has 0 saturated carbocycles. The standard InChI is InChI=1S/C20H22Cl2N10O3P/c21-15-13-17(29-19(23)27-15)31(11-25-13)7-3-1-5-9-34-36(33)35-10-6-2-4-8-32-12-26-14-16(22)28-20(24)30-18(14)32/h5-6,9-12H,1-4,7-8H2,(H2,23,27,29)(H2,24,28,30)/q+1. The van der Waals surface area contributed by atoms with E-state index in [1.165, 1.54) is 12.5 Å². The second-order valence-electron chi connectivity index (χ2n) is 7.43. The lowest BCUT2D eigenvalue weighted by atomic mass is 10.3. The van der Waals surface area contributed by atoms with E-state index in [0.29, 0.717) is 48.3 Å². The highest BCUT2D eigenvalue weighted by Gasteiger charge is 2.17. The van der Waals surface area contributed by atoms with E-state index in [1.807, 2.05) is 9.13 Å². The van der Waals surface area contributed by atoms with Gasteiger partial charge in [0, 0.05) is 17.7 Å². The van der Waals surface area contributed by atoms with Crippen LogP contribution in [0.25, 0.3) is 22.3 Å². The molecule has 4 aromatic rings. The van der Waals surface area contributed by atoms with Gasteiger partial charge in [-0.15, -0.1) is 0 Å². The first-order valence-electron chi connectivity index (χ1n) is 10.8. The molecule has 0 aliphatic rings. The van der Waals surface area contributed by atoms with Crippen molar-refractivity contribution in [3.8, 4) is 0 Å². The van der Waals surface area contributed by atoms with E-state index in [0.717, 1.165) is 12.8 Å². The number of allylic oxidation sites excluding steroid dienone is 2. The maximum atomic E-state index is 11.8. The highest BCUT2D eigenvalue weighted by Crippen LogP contribution is 2.25. The molecule has 0 aliphatic carbocycles. The first-order valence-corrected chi connectivity index (χ1v) is 12.7. The normalized spacial score (nSPS) is 12.3. The molecule has 4 rings (SSSR count). The van der Waals surface area contributed by atoms with Gasteiger partial charge >= 0.3 is 8.25 Å². The Bertz CT molecular complexity index is 1330. The fourth-order valence-corrected chi connectivity index (χ4v) is 4.14. The number of imidazole rings is 2. The molecule has 0 saturated heterocycles. The lowest BCUT2D eigenvalue weighted by Gasteiger charge is -2.02. The summed E-state index contributed by atoms with van der Waals surface area (Å²) in [7, 11) is -2.30. The van der Waals surface area contributed by atoms with Gasteiger partial charge in [-0.25, -0.2) is 19.0 Å². The number of hydrogen-bond donors (Lipinski definition) is 2. The van der Waals surface area contributed by atoms with Crippen LogP contribution < -0.4 is 11.5 Å². The molecule has 0 amide bonds. The Hall–Kier alpha value is -3.54. The average Bonchev–Trinajstić information content (AvgIpc) is 3.43. The molecule has 36 heavy (non-hydrogen) atoms. The van der Waals surface area contributed by atoms with Gasteiger partial charge in [-0.1, -0.05) is 23.2 Å². The minimum Gasteiger partial charge on any atom is -0.368 e. The maximum absolute atomic E-state index is 11.8. The number of unbranched alkanes of at least 4 members (excludes halogenated alkanes) is 2. The molecule has 0 aliphatic heterocycles. The van der Waals surface area contributed by atoms with Crippen molar-refractivity contribution in [2.75, 3.05) is 11.5 Å². The molecular weight excluding hydrogens is 530 g/mol. The third-order valence-electron chi connectivity index (χ3n) is 4.90. The molecule has 0 radical (unpaired) electrons.